The second-order valence-electron chi connectivity index (χ2n) is 6.46. The highest BCUT2D eigenvalue weighted by molar-refractivity contribution is 5.95. The highest BCUT2D eigenvalue weighted by Crippen LogP contribution is 2.29. The Labute approximate surface area is 170 Å². The first kappa shape index (κ1) is 22.1. The Bertz CT molecular complexity index is 836. The Morgan fingerprint density at radius 1 is 1.03 bits per heavy atom. The van der Waals surface area contributed by atoms with Gasteiger partial charge < -0.3 is 24.3 Å². The molecule has 0 spiro atoms. The van der Waals surface area contributed by atoms with Crippen LogP contribution in [0.1, 0.15) is 25.3 Å². The lowest BCUT2D eigenvalue weighted by atomic mass is 10.2. The van der Waals surface area contributed by atoms with E-state index in [-0.39, 0.29) is 6.42 Å². The van der Waals surface area contributed by atoms with Gasteiger partial charge in [-0.2, -0.15) is 0 Å². The normalized spacial score (nSPS) is 11.3. The number of aryl methyl sites for hydroxylation is 1. The molecule has 0 fully saturated rings. The summed E-state index contributed by atoms with van der Waals surface area (Å²) in [4.78, 5) is 24.2. The van der Waals surface area contributed by atoms with Crippen molar-refractivity contribution in [1.29, 1.82) is 0 Å². The number of rotatable bonds is 10. The van der Waals surface area contributed by atoms with Gasteiger partial charge in [0.1, 0.15) is 5.75 Å². The smallest absolute Gasteiger partial charge is 0.306 e. The predicted molar refractivity (Wildman–Crippen MR) is 110 cm³/mol. The molecule has 156 valence electrons. The van der Waals surface area contributed by atoms with Crippen LogP contribution in [-0.2, 0) is 14.3 Å². The highest BCUT2D eigenvalue weighted by atomic mass is 16.5. The number of methoxy groups -OCH3 is 2. The van der Waals surface area contributed by atoms with Crippen molar-refractivity contribution in [3.8, 4) is 17.2 Å². The number of anilines is 1. The van der Waals surface area contributed by atoms with E-state index in [2.05, 4.69) is 5.32 Å². The van der Waals surface area contributed by atoms with Gasteiger partial charge in [-0.05, 0) is 50.1 Å². The zero-order valence-corrected chi connectivity index (χ0v) is 17.2. The van der Waals surface area contributed by atoms with Gasteiger partial charge in [0, 0.05) is 18.2 Å². The molecule has 0 aliphatic carbocycles. The van der Waals surface area contributed by atoms with E-state index in [4.69, 9.17) is 18.9 Å². The van der Waals surface area contributed by atoms with E-state index in [0.29, 0.717) is 30.2 Å². The topological polar surface area (TPSA) is 83.1 Å². The molecule has 0 radical (unpaired) electrons. The molecule has 1 N–H and O–H groups in total. The minimum Gasteiger partial charge on any atom is -0.494 e. The van der Waals surface area contributed by atoms with Gasteiger partial charge in [0.15, 0.2) is 17.6 Å². The van der Waals surface area contributed by atoms with Gasteiger partial charge in [0.2, 0.25) is 0 Å². The fraction of sp³-hybridized carbons (Fsp3) is 0.364. The zero-order chi connectivity index (χ0) is 21.2. The van der Waals surface area contributed by atoms with Crippen LogP contribution in [0.15, 0.2) is 42.5 Å². The number of hydrogen-bond acceptors (Lipinski definition) is 6. The maximum Gasteiger partial charge on any atom is 0.306 e. The molecule has 0 saturated carbocycles. The van der Waals surface area contributed by atoms with Gasteiger partial charge in [0.25, 0.3) is 5.91 Å². The third-order valence-electron chi connectivity index (χ3n) is 4.11. The summed E-state index contributed by atoms with van der Waals surface area (Å²) in [7, 11) is 3.04. The van der Waals surface area contributed by atoms with Gasteiger partial charge in [-0.15, -0.1) is 0 Å². The second kappa shape index (κ2) is 10.9. The molecule has 0 aliphatic rings. The molecular formula is C22H27NO6. The summed E-state index contributed by atoms with van der Waals surface area (Å²) in [5.41, 5.74) is 1.62. The number of hydrogen-bond donors (Lipinski definition) is 1. The Morgan fingerprint density at radius 3 is 2.48 bits per heavy atom. The molecule has 29 heavy (non-hydrogen) atoms. The molecule has 2 aromatic carbocycles. The molecule has 0 aliphatic heterocycles. The molecule has 1 atom stereocenters. The summed E-state index contributed by atoms with van der Waals surface area (Å²) in [5, 5.41) is 2.69. The molecule has 0 saturated heterocycles. The number of benzene rings is 2. The quantitative estimate of drug-likeness (QED) is 0.482. The minimum atomic E-state index is -0.923. The second-order valence-corrected chi connectivity index (χ2v) is 6.46. The van der Waals surface area contributed by atoms with Gasteiger partial charge in [0.05, 0.1) is 20.8 Å². The lowest BCUT2D eigenvalue weighted by Crippen LogP contribution is -2.30. The van der Waals surface area contributed by atoms with Crippen LogP contribution in [0.5, 0.6) is 17.2 Å². The lowest BCUT2D eigenvalue weighted by Gasteiger charge is -2.15. The van der Waals surface area contributed by atoms with Crippen LogP contribution < -0.4 is 19.5 Å². The molecule has 0 bridgehead atoms. The number of nitrogens with one attached hydrogen (secondary N) is 1. The average Bonchev–Trinajstić information content (AvgIpc) is 2.71. The molecule has 0 heterocycles. The van der Waals surface area contributed by atoms with Crippen molar-refractivity contribution in [3.63, 3.8) is 0 Å². The minimum absolute atomic E-state index is 0.166. The van der Waals surface area contributed by atoms with E-state index in [9.17, 15) is 9.59 Å². The van der Waals surface area contributed by atoms with Crippen LogP contribution in [-0.4, -0.2) is 38.8 Å². The number of ether oxygens (including phenoxy) is 4. The Morgan fingerprint density at radius 2 is 1.79 bits per heavy atom. The summed E-state index contributed by atoms with van der Waals surface area (Å²) in [6, 6.07) is 12.7. The van der Waals surface area contributed by atoms with Crippen LogP contribution in [0.25, 0.3) is 0 Å². The summed E-state index contributed by atoms with van der Waals surface area (Å²) in [6.45, 7) is 3.90. The lowest BCUT2D eigenvalue weighted by molar-refractivity contribution is -0.153. The van der Waals surface area contributed by atoms with Crippen LogP contribution in [0.4, 0.5) is 5.69 Å². The predicted octanol–water partition coefficient (Wildman–Crippen LogP) is 3.74. The molecule has 1 amide bonds. The van der Waals surface area contributed by atoms with Crippen LogP contribution >= 0.6 is 0 Å². The first-order valence-electron chi connectivity index (χ1n) is 9.34. The van der Waals surface area contributed by atoms with Crippen molar-refractivity contribution in [2.24, 2.45) is 0 Å². The number of esters is 1. The molecule has 7 heteroatoms. The SMILES string of the molecule is COc1ccc(NC(=O)[C@H](C)OC(=O)CCCOc2cccc(C)c2)cc1OC. The zero-order valence-electron chi connectivity index (χ0n) is 17.2. The van der Waals surface area contributed by atoms with Gasteiger partial charge in [-0.3, -0.25) is 9.59 Å². The van der Waals surface area contributed by atoms with Crippen molar-refractivity contribution in [1.82, 2.24) is 0 Å². The molecule has 2 aromatic rings. The number of carbonyl (C=O) groups is 2. The molecular weight excluding hydrogens is 374 g/mol. The molecule has 0 aromatic heterocycles. The first-order valence-corrected chi connectivity index (χ1v) is 9.34. The van der Waals surface area contributed by atoms with Crippen molar-refractivity contribution < 1.29 is 28.5 Å². The monoisotopic (exact) mass is 401 g/mol. The largest absolute Gasteiger partial charge is 0.494 e. The maximum atomic E-state index is 12.3. The van der Waals surface area contributed by atoms with Crippen molar-refractivity contribution in [3.05, 3.63) is 48.0 Å². The summed E-state index contributed by atoms with van der Waals surface area (Å²) < 4.78 is 21.2. The molecule has 0 unspecified atom stereocenters. The Kier molecular flexibility index (Phi) is 8.33. The van der Waals surface area contributed by atoms with Crippen molar-refractivity contribution >= 4 is 17.6 Å². The fourth-order valence-corrected chi connectivity index (χ4v) is 2.58. The first-order chi connectivity index (χ1) is 13.9. The van der Waals surface area contributed by atoms with E-state index >= 15 is 0 Å². The third-order valence-corrected chi connectivity index (χ3v) is 4.11. The van der Waals surface area contributed by atoms with E-state index < -0.39 is 18.0 Å². The third kappa shape index (κ3) is 7.03. The summed E-state index contributed by atoms with van der Waals surface area (Å²) >= 11 is 0. The average molecular weight is 401 g/mol. The highest BCUT2D eigenvalue weighted by Gasteiger charge is 2.18. The fourth-order valence-electron chi connectivity index (χ4n) is 2.58. The van der Waals surface area contributed by atoms with E-state index in [0.717, 1.165) is 11.3 Å². The van der Waals surface area contributed by atoms with Gasteiger partial charge in [-0.1, -0.05) is 12.1 Å². The Hall–Kier alpha value is -3.22. The van der Waals surface area contributed by atoms with Gasteiger partial charge in [-0.25, -0.2) is 0 Å². The standard InChI is InChI=1S/C22H27NO6/c1-15-7-5-8-18(13-15)28-12-6-9-21(24)29-16(2)22(25)23-17-10-11-19(26-3)20(14-17)27-4/h5,7-8,10-11,13-14,16H,6,9,12H2,1-4H3,(H,23,25)/t16-/m0/s1. The number of carbonyl (C=O) groups excluding carboxylic acids is 2. The Balaban J connectivity index is 1.74. The van der Waals surface area contributed by atoms with E-state index in [1.54, 1.807) is 18.2 Å². The summed E-state index contributed by atoms with van der Waals surface area (Å²) in [5.74, 6) is 0.928. The van der Waals surface area contributed by atoms with Crippen molar-refractivity contribution in [2.45, 2.75) is 32.8 Å². The molecule has 2 rings (SSSR count). The number of amides is 1. The van der Waals surface area contributed by atoms with E-state index in [1.165, 1.54) is 21.1 Å². The van der Waals surface area contributed by atoms with Gasteiger partial charge >= 0.3 is 5.97 Å². The van der Waals surface area contributed by atoms with Crippen molar-refractivity contribution in [2.75, 3.05) is 26.1 Å². The molecule has 7 nitrogen and oxygen atoms in total. The maximum absolute atomic E-state index is 12.3. The van der Waals surface area contributed by atoms with Crippen LogP contribution in [0, 0.1) is 6.92 Å². The van der Waals surface area contributed by atoms with Crippen LogP contribution in [0.3, 0.4) is 0 Å². The summed E-state index contributed by atoms with van der Waals surface area (Å²) in [6.07, 6.45) is -0.260. The van der Waals surface area contributed by atoms with Crippen LogP contribution in [0.2, 0.25) is 0 Å². The van der Waals surface area contributed by atoms with E-state index in [1.807, 2.05) is 31.2 Å².